The third-order valence-electron chi connectivity index (χ3n) is 2.08. The van der Waals surface area contributed by atoms with Gasteiger partial charge in [0.2, 0.25) is 0 Å². The number of hydrogen-bond donors (Lipinski definition) is 0. The Morgan fingerprint density at radius 1 is 1.31 bits per heavy atom. The molecular formula is C9H20O3S. The van der Waals surface area contributed by atoms with Gasteiger partial charge in [-0.15, -0.1) is 0 Å². The average Bonchev–Trinajstić information content (AvgIpc) is 2.01. The van der Waals surface area contributed by atoms with Crippen LogP contribution in [0.25, 0.3) is 0 Å². The molecule has 0 spiro atoms. The van der Waals surface area contributed by atoms with Crippen LogP contribution in [0, 0.1) is 5.92 Å². The van der Waals surface area contributed by atoms with E-state index in [2.05, 4.69) is 0 Å². The van der Waals surface area contributed by atoms with E-state index in [9.17, 15) is 8.42 Å². The van der Waals surface area contributed by atoms with Gasteiger partial charge in [-0.05, 0) is 26.2 Å². The molecule has 0 aromatic carbocycles. The zero-order valence-electron chi connectivity index (χ0n) is 9.12. The van der Waals surface area contributed by atoms with Crippen molar-refractivity contribution in [1.29, 1.82) is 0 Å². The first-order valence-corrected chi connectivity index (χ1v) is 6.02. The topological polar surface area (TPSA) is 43.4 Å². The Balaban J connectivity index is 4.42. The third kappa shape index (κ3) is 3.65. The normalized spacial score (nSPS) is 13.7. The lowest BCUT2D eigenvalue weighted by Crippen LogP contribution is -2.33. The molecule has 0 aliphatic heterocycles. The van der Waals surface area contributed by atoms with Crippen LogP contribution >= 0.6 is 0 Å². The van der Waals surface area contributed by atoms with Gasteiger partial charge in [0.05, 0.1) is 11.4 Å². The molecule has 0 aromatic rings. The Labute approximate surface area is 81.6 Å². The van der Waals surface area contributed by atoms with Crippen molar-refractivity contribution >= 4 is 10.1 Å². The summed E-state index contributed by atoms with van der Waals surface area (Å²) in [5.41, 5.74) is 0. The van der Waals surface area contributed by atoms with Crippen LogP contribution in [0.2, 0.25) is 0 Å². The summed E-state index contributed by atoms with van der Waals surface area (Å²) in [5, 5.41) is 0. The van der Waals surface area contributed by atoms with Crippen molar-refractivity contribution in [1.82, 2.24) is 0 Å². The Morgan fingerprint density at radius 2 is 1.77 bits per heavy atom. The fourth-order valence-corrected chi connectivity index (χ4v) is 1.69. The Bertz CT molecular complexity index is 240. The second-order valence-electron chi connectivity index (χ2n) is 4.25. The molecule has 0 N–H and O–H groups in total. The van der Waals surface area contributed by atoms with E-state index >= 15 is 0 Å². The summed E-state index contributed by atoms with van der Waals surface area (Å²) in [6.07, 6.45) is 0.563. The summed E-state index contributed by atoms with van der Waals surface area (Å²) >= 11 is 0. The summed E-state index contributed by atoms with van der Waals surface area (Å²) in [5.74, 6) is 0.238. The molecule has 0 aliphatic rings. The van der Waals surface area contributed by atoms with E-state index in [-0.39, 0.29) is 12.5 Å². The zero-order valence-corrected chi connectivity index (χ0v) is 9.94. The van der Waals surface area contributed by atoms with Gasteiger partial charge in [0, 0.05) is 0 Å². The molecule has 0 rings (SSSR count). The summed E-state index contributed by atoms with van der Waals surface area (Å²) in [7, 11) is -3.40. The molecule has 4 heteroatoms. The van der Waals surface area contributed by atoms with Crippen molar-refractivity contribution in [3.05, 3.63) is 0 Å². The zero-order chi connectivity index (χ0) is 10.7. The highest BCUT2D eigenvalue weighted by Crippen LogP contribution is 2.22. The maximum absolute atomic E-state index is 11.6. The molecule has 80 valence electrons. The van der Waals surface area contributed by atoms with E-state index in [4.69, 9.17) is 4.18 Å². The second kappa shape index (κ2) is 4.42. The van der Waals surface area contributed by atoms with E-state index in [1.807, 2.05) is 20.8 Å². The summed E-state index contributed by atoms with van der Waals surface area (Å²) in [6.45, 7) is 9.33. The molecular weight excluding hydrogens is 188 g/mol. The first-order chi connectivity index (χ1) is 5.73. The van der Waals surface area contributed by atoms with E-state index in [0.717, 1.165) is 0 Å². The van der Waals surface area contributed by atoms with Crippen molar-refractivity contribution in [2.45, 2.75) is 45.8 Å². The highest BCUT2D eigenvalue weighted by molar-refractivity contribution is 7.88. The minimum Gasteiger partial charge on any atom is -0.269 e. The highest BCUT2D eigenvalue weighted by Gasteiger charge is 2.33. The van der Waals surface area contributed by atoms with Crippen LogP contribution in [-0.2, 0) is 14.3 Å². The lowest BCUT2D eigenvalue weighted by molar-refractivity contribution is 0.262. The molecule has 0 amide bonds. The molecule has 0 fully saturated rings. The standard InChI is InChI=1S/C9H20O3S/c1-6-9(4,5)13(10,11)12-7-8(2)3/h8H,6-7H2,1-5H3. The van der Waals surface area contributed by atoms with Crippen LogP contribution in [0.15, 0.2) is 0 Å². The maximum Gasteiger partial charge on any atom is 0.272 e. The Kier molecular flexibility index (Phi) is 4.39. The van der Waals surface area contributed by atoms with E-state index in [1.54, 1.807) is 13.8 Å². The predicted octanol–water partition coefficient (Wildman–Crippen LogP) is 2.18. The van der Waals surface area contributed by atoms with Gasteiger partial charge in [0.15, 0.2) is 0 Å². The molecule has 0 saturated carbocycles. The Hall–Kier alpha value is -0.0900. The minimum atomic E-state index is -3.40. The van der Waals surface area contributed by atoms with Crippen molar-refractivity contribution in [2.75, 3.05) is 6.61 Å². The molecule has 0 aromatic heterocycles. The largest absolute Gasteiger partial charge is 0.272 e. The van der Waals surface area contributed by atoms with E-state index < -0.39 is 14.9 Å². The third-order valence-corrected chi connectivity index (χ3v) is 4.17. The smallest absolute Gasteiger partial charge is 0.269 e. The van der Waals surface area contributed by atoms with Crippen molar-refractivity contribution in [3.8, 4) is 0 Å². The highest BCUT2D eigenvalue weighted by atomic mass is 32.2. The molecule has 0 heterocycles. The minimum absolute atomic E-state index is 0.238. The predicted molar refractivity (Wildman–Crippen MR) is 54.1 cm³/mol. The lowest BCUT2D eigenvalue weighted by atomic mass is 10.1. The Morgan fingerprint density at radius 3 is 2.08 bits per heavy atom. The monoisotopic (exact) mass is 208 g/mol. The van der Waals surface area contributed by atoms with Crippen molar-refractivity contribution < 1.29 is 12.6 Å². The van der Waals surface area contributed by atoms with Gasteiger partial charge in [0.25, 0.3) is 10.1 Å². The summed E-state index contributed by atoms with van der Waals surface area (Å²) in [6, 6.07) is 0. The molecule has 0 aliphatic carbocycles. The fourth-order valence-electron chi connectivity index (χ4n) is 0.562. The van der Waals surface area contributed by atoms with Crippen LogP contribution in [0.3, 0.4) is 0 Å². The molecule has 0 saturated heterocycles. The van der Waals surface area contributed by atoms with Gasteiger partial charge in [-0.1, -0.05) is 20.8 Å². The molecule has 0 unspecified atom stereocenters. The van der Waals surface area contributed by atoms with Gasteiger partial charge in [0.1, 0.15) is 0 Å². The fraction of sp³-hybridized carbons (Fsp3) is 1.00. The summed E-state index contributed by atoms with van der Waals surface area (Å²) < 4.78 is 27.3. The molecule has 0 atom stereocenters. The van der Waals surface area contributed by atoms with Gasteiger partial charge < -0.3 is 0 Å². The van der Waals surface area contributed by atoms with Crippen LogP contribution in [0.1, 0.15) is 41.0 Å². The first-order valence-electron chi connectivity index (χ1n) is 4.62. The second-order valence-corrected chi connectivity index (χ2v) is 6.49. The van der Waals surface area contributed by atoms with Crippen LogP contribution < -0.4 is 0 Å². The molecule has 0 bridgehead atoms. The van der Waals surface area contributed by atoms with Crippen LogP contribution in [0.5, 0.6) is 0 Å². The average molecular weight is 208 g/mol. The quantitative estimate of drug-likeness (QED) is 0.650. The van der Waals surface area contributed by atoms with Gasteiger partial charge >= 0.3 is 0 Å². The first kappa shape index (κ1) is 12.9. The van der Waals surface area contributed by atoms with Gasteiger partial charge in [-0.2, -0.15) is 8.42 Å². The SMILES string of the molecule is CCC(C)(C)S(=O)(=O)OCC(C)C. The van der Waals surface area contributed by atoms with Crippen molar-refractivity contribution in [3.63, 3.8) is 0 Å². The van der Waals surface area contributed by atoms with Gasteiger partial charge in [-0.25, -0.2) is 0 Å². The van der Waals surface area contributed by atoms with Crippen molar-refractivity contribution in [2.24, 2.45) is 5.92 Å². The molecule has 13 heavy (non-hydrogen) atoms. The maximum atomic E-state index is 11.6. The lowest BCUT2D eigenvalue weighted by Gasteiger charge is -2.22. The molecule has 3 nitrogen and oxygen atoms in total. The van der Waals surface area contributed by atoms with E-state index in [0.29, 0.717) is 6.42 Å². The van der Waals surface area contributed by atoms with E-state index in [1.165, 1.54) is 0 Å². The number of hydrogen-bond acceptors (Lipinski definition) is 3. The van der Waals surface area contributed by atoms with Gasteiger partial charge in [-0.3, -0.25) is 4.18 Å². The molecule has 0 radical (unpaired) electrons. The van der Waals surface area contributed by atoms with Crippen LogP contribution in [-0.4, -0.2) is 19.8 Å². The van der Waals surface area contributed by atoms with Crippen LogP contribution in [0.4, 0.5) is 0 Å². The number of rotatable bonds is 5. The summed E-state index contributed by atoms with van der Waals surface area (Å²) in [4.78, 5) is 0.